The maximum absolute atomic E-state index is 14.6. The van der Waals surface area contributed by atoms with Gasteiger partial charge in [-0.1, -0.05) is 0 Å². The third kappa shape index (κ3) is 7.41. The number of ether oxygens (including phenoxy) is 3. The Labute approximate surface area is 261 Å². The monoisotopic (exact) mass is 640 g/mol. The fourth-order valence-corrected chi connectivity index (χ4v) is 6.34. The molecule has 0 bridgehead atoms. The molecule has 1 saturated carbocycles. The SMILES string of the molecule is COC(=O)NCCN1C(=O)C2(CCCC2)Oc2cc(C(F)(F)F)c(C(=O)N(C(C)C)[C@@H]3CCCN(C(=O)OC(C)(C)C)C3)cc21. The van der Waals surface area contributed by atoms with E-state index in [1.165, 1.54) is 21.8 Å². The molecule has 1 aromatic carbocycles. The van der Waals surface area contributed by atoms with Crippen molar-refractivity contribution in [2.75, 3.05) is 38.2 Å². The molecule has 0 aromatic heterocycles. The minimum absolute atomic E-state index is 0.0169. The quantitative estimate of drug-likeness (QED) is 0.446. The van der Waals surface area contributed by atoms with Gasteiger partial charge in [-0.15, -0.1) is 0 Å². The molecular weight excluding hydrogens is 597 g/mol. The predicted molar refractivity (Wildman–Crippen MR) is 158 cm³/mol. The summed E-state index contributed by atoms with van der Waals surface area (Å²) in [5.74, 6) is -1.46. The highest BCUT2D eigenvalue weighted by Crippen LogP contribution is 2.48. The van der Waals surface area contributed by atoms with Crippen LogP contribution in [0.3, 0.4) is 0 Å². The molecule has 1 atom stereocenters. The molecule has 1 spiro atoms. The standard InChI is InChI=1S/C31H43F3N4O7/c1-19(2)38(20-10-9-14-36(18-20)28(42)45-29(3,4)5)25(39)21-16-23-24(17-22(21)31(32,33)34)44-30(11-7-8-12-30)26(40)37(23)15-13-35-27(41)43-6/h16-17,19-20H,7-15,18H2,1-6H3,(H,35,41)/t20-/m1/s1. The van der Waals surface area contributed by atoms with E-state index in [1.54, 1.807) is 34.6 Å². The summed E-state index contributed by atoms with van der Waals surface area (Å²) in [6.07, 6.45) is -3.17. The largest absolute Gasteiger partial charge is 0.475 e. The number of alkyl carbamates (subject to hydrolysis) is 1. The molecule has 11 nitrogen and oxygen atoms in total. The van der Waals surface area contributed by atoms with Crippen molar-refractivity contribution < 1.29 is 46.6 Å². The summed E-state index contributed by atoms with van der Waals surface area (Å²) in [5.41, 5.74) is -3.84. The second-order valence-corrected chi connectivity index (χ2v) is 13.1. The van der Waals surface area contributed by atoms with Crippen LogP contribution < -0.4 is 15.0 Å². The predicted octanol–water partition coefficient (Wildman–Crippen LogP) is 5.35. The molecule has 250 valence electrons. The van der Waals surface area contributed by atoms with Gasteiger partial charge >= 0.3 is 18.4 Å². The molecule has 1 aliphatic carbocycles. The smallest absolute Gasteiger partial charge is 0.417 e. The number of fused-ring (bicyclic) bond motifs is 1. The summed E-state index contributed by atoms with van der Waals surface area (Å²) < 4.78 is 60.1. The number of amides is 4. The number of methoxy groups -OCH3 is 1. The molecule has 0 unspecified atom stereocenters. The highest BCUT2D eigenvalue weighted by molar-refractivity contribution is 6.05. The summed E-state index contributed by atoms with van der Waals surface area (Å²) in [4.78, 5) is 56.6. The average Bonchev–Trinajstić information content (AvgIpc) is 3.42. The van der Waals surface area contributed by atoms with E-state index < -0.39 is 64.6 Å². The number of nitrogens with zero attached hydrogens (tertiary/aromatic N) is 3. The Balaban J connectivity index is 1.74. The highest BCUT2D eigenvalue weighted by atomic mass is 19.4. The van der Waals surface area contributed by atoms with Crippen molar-refractivity contribution >= 4 is 29.7 Å². The Kier molecular flexibility index (Phi) is 9.84. The van der Waals surface area contributed by atoms with E-state index in [0.29, 0.717) is 45.1 Å². The van der Waals surface area contributed by atoms with Crippen LogP contribution in [0.15, 0.2) is 12.1 Å². The first kappa shape index (κ1) is 34.2. The first-order valence-electron chi connectivity index (χ1n) is 15.4. The molecule has 1 aromatic rings. The van der Waals surface area contributed by atoms with Gasteiger partial charge < -0.3 is 34.2 Å². The molecule has 4 amide bonds. The van der Waals surface area contributed by atoms with Gasteiger partial charge in [-0.05, 0) is 85.3 Å². The maximum atomic E-state index is 14.6. The normalized spacial score (nSPS) is 19.7. The van der Waals surface area contributed by atoms with E-state index in [1.807, 2.05) is 0 Å². The van der Waals surface area contributed by atoms with Crippen molar-refractivity contribution in [2.45, 2.75) is 103 Å². The van der Waals surface area contributed by atoms with E-state index in [0.717, 1.165) is 12.1 Å². The first-order chi connectivity index (χ1) is 21.0. The Bertz CT molecular complexity index is 1310. The highest BCUT2D eigenvalue weighted by Gasteiger charge is 2.51. The Morgan fingerprint density at radius 2 is 1.80 bits per heavy atom. The van der Waals surface area contributed by atoms with Crippen LogP contribution in [0.2, 0.25) is 0 Å². The topological polar surface area (TPSA) is 118 Å². The zero-order chi connectivity index (χ0) is 33.3. The lowest BCUT2D eigenvalue weighted by molar-refractivity contribution is -0.138. The van der Waals surface area contributed by atoms with Gasteiger partial charge in [-0.3, -0.25) is 9.59 Å². The molecule has 1 saturated heterocycles. The summed E-state index contributed by atoms with van der Waals surface area (Å²) in [6.45, 7) is 9.00. The van der Waals surface area contributed by atoms with Gasteiger partial charge in [-0.25, -0.2) is 9.59 Å². The molecular formula is C31H43F3N4O7. The van der Waals surface area contributed by atoms with E-state index in [9.17, 15) is 32.3 Å². The van der Waals surface area contributed by atoms with Crippen LogP contribution in [0.1, 0.15) is 89.1 Å². The number of likely N-dealkylation sites (tertiary alicyclic amines) is 1. The zero-order valence-corrected chi connectivity index (χ0v) is 26.7. The minimum Gasteiger partial charge on any atom is -0.475 e. The van der Waals surface area contributed by atoms with Gasteiger partial charge in [0.05, 0.1) is 30.0 Å². The van der Waals surface area contributed by atoms with Crippen molar-refractivity contribution in [2.24, 2.45) is 0 Å². The molecule has 2 heterocycles. The van der Waals surface area contributed by atoms with Gasteiger partial charge in [-0.2, -0.15) is 13.2 Å². The number of hydrogen-bond donors (Lipinski definition) is 1. The minimum atomic E-state index is -4.91. The number of nitrogens with one attached hydrogen (secondary N) is 1. The van der Waals surface area contributed by atoms with Gasteiger partial charge in [0.25, 0.3) is 11.8 Å². The Hall–Kier alpha value is -3.71. The molecule has 0 radical (unpaired) electrons. The van der Waals surface area contributed by atoms with Crippen LogP contribution in [0.5, 0.6) is 5.75 Å². The van der Waals surface area contributed by atoms with Gasteiger partial charge in [0.1, 0.15) is 11.4 Å². The van der Waals surface area contributed by atoms with Crippen molar-refractivity contribution in [3.8, 4) is 5.75 Å². The fraction of sp³-hybridized carbons (Fsp3) is 0.677. The number of halogens is 3. The van der Waals surface area contributed by atoms with E-state index in [-0.39, 0.29) is 31.1 Å². The number of hydrogen-bond acceptors (Lipinski definition) is 7. The van der Waals surface area contributed by atoms with Gasteiger partial charge in [0, 0.05) is 32.2 Å². The zero-order valence-electron chi connectivity index (χ0n) is 26.7. The van der Waals surface area contributed by atoms with Crippen LogP contribution in [-0.4, -0.2) is 90.4 Å². The lowest BCUT2D eigenvalue weighted by Crippen LogP contribution is -2.56. The number of anilines is 1. The first-order valence-corrected chi connectivity index (χ1v) is 15.4. The Morgan fingerprint density at radius 3 is 2.38 bits per heavy atom. The van der Waals surface area contributed by atoms with Crippen molar-refractivity contribution in [1.82, 2.24) is 15.1 Å². The molecule has 3 aliphatic rings. The second-order valence-electron chi connectivity index (χ2n) is 13.1. The summed E-state index contributed by atoms with van der Waals surface area (Å²) >= 11 is 0. The number of alkyl halides is 3. The lowest BCUT2D eigenvalue weighted by atomic mass is 9.94. The van der Waals surface area contributed by atoms with Gasteiger partial charge in [0.2, 0.25) is 0 Å². The fourth-order valence-electron chi connectivity index (χ4n) is 6.34. The van der Waals surface area contributed by atoms with Crippen LogP contribution in [-0.2, 0) is 20.4 Å². The van der Waals surface area contributed by atoms with Crippen LogP contribution >= 0.6 is 0 Å². The van der Waals surface area contributed by atoms with Crippen LogP contribution in [0, 0.1) is 0 Å². The molecule has 2 aliphatic heterocycles. The molecule has 2 fully saturated rings. The van der Waals surface area contributed by atoms with Crippen molar-refractivity contribution in [3.05, 3.63) is 23.3 Å². The van der Waals surface area contributed by atoms with Crippen molar-refractivity contribution in [1.29, 1.82) is 0 Å². The maximum Gasteiger partial charge on any atom is 0.417 e. The number of rotatable bonds is 6. The lowest BCUT2D eigenvalue weighted by Gasteiger charge is -2.43. The summed E-state index contributed by atoms with van der Waals surface area (Å²) in [6, 6.07) is 0.791. The molecule has 1 N–H and O–H groups in total. The third-order valence-corrected chi connectivity index (χ3v) is 8.30. The third-order valence-electron chi connectivity index (χ3n) is 8.30. The number of benzene rings is 1. The second kappa shape index (κ2) is 13.0. The average molecular weight is 641 g/mol. The summed E-state index contributed by atoms with van der Waals surface area (Å²) in [5, 5.41) is 2.49. The number of carbonyl (C=O) groups excluding carboxylic acids is 4. The van der Waals surface area contributed by atoms with Crippen LogP contribution in [0.4, 0.5) is 28.4 Å². The summed E-state index contributed by atoms with van der Waals surface area (Å²) in [7, 11) is 1.19. The van der Waals surface area contributed by atoms with E-state index in [4.69, 9.17) is 9.47 Å². The molecule has 4 rings (SSSR count). The van der Waals surface area contributed by atoms with Crippen molar-refractivity contribution in [3.63, 3.8) is 0 Å². The van der Waals surface area contributed by atoms with E-state index in [2.05, 4.69) is 10.1 Å². The number of carbonyl (C=O) groups is 4. The Morgan fingerprint density at radius 1 is 1.13 bits per heavy atom. The molecule has 45 heavy (non-hydrogen) atoms. The van der Waals surface area contributed by atoms with Crippen LogP contribution in [0.25, 0.3) is 0 Å². The van der Waals surface area contributed by atoms with Gasteiger partial charge in [0.15, 0.2) is 5.60 Å². The molecule has 14 heteroatoms. The number of piperidine rings is 1. The van der Waals surface area contributed by atoms with E-state index >= 15 is 0 Å².